The van der Waals surface area contributed by atoms with Gasteiger partial charge in [0.15, 0.2) is 11.9 Å². The number of hydrogen-bond acceptors (Lipinski definition) is 26. The van der Waals surface area contributed by atoms with E-state index in [0.717, 1.165) is 34.1 Å². The number of unbranched alkanes of at least 4 members (excludes halogenated alkanes) is 1. The number of carboxylic acid groups (broad SMARTS) is 2. The van der Waals surface area contributed by atoms with Crippen LogP contribution in [-0.2, 0) is 97.4 Å². The molecule has 4 heterocycles. The molecule has 18 atom stereocenters. The second-order valence-electron chi connectivity index (χ2n) is 31.5. The third-order valence-corrected chi connectivity index (χ3v) is 22.2. The molecule has 4 aliphatic rings. The molecule has 0 bridgehead atoms. The molecule has 2 aromatic rings. The molecule has 37 heteroatoms. The van der Waals surface area contributed by atoms with Crippen molar-refractivity contribution in [1.29, 1.82) is 0 Å². The summed E-state index contributed by atoms with van der Waals surface area (Å²) in [7, 11) is 7.44. The lowest BCUT2D eigenvalue weighted by Gasteiger charge is -2.41. The summed E-state index contributed by atoms with van der Waals surface area (Å²) in [6.45, 7) is 15.8. The van der Waals surface area contributed by atoms with Gasteiger partial charge < -0.3 is 101 Å². The molecule has 6 rings (SSSR count). The Morgan fingerprint density at radius 1 is 0.678 bits per heavy atom. The van der Waals surface area contributed by atoms with E-state index in [9.17, 15) is 92.7 Å². The number of methoxy groups -OCH3 is 3. The van der Waals surface area contributed by atoms with Crippen LogP contribution in [0.15, 0.2) is 72.8 Å². The summed E-state index contributed by atoms with van der Waals surface area (Å²) in [6, 6.07) is 6.95. The van der Waals surface area contributed by atoms with Gasteiger partial charge in [-0.25, -0.2) is 14.4 Å². The van der Waals surface area contributed by atoms with E-state index in [1.54, 1.807) is 58.4 Å². The largest absolute Gasteiger partial charge is 0.480 e. The van der Waals surface area contributed by atoms with Crippen molar-refractivity contribution in [2.45, 2.75) is 238 Å². The molecule has 12 N–H and O–H groups in total. The van der Waals surface area contributed by atoms with Gasteiger partial charge in [0.05, 0.1) is 55.2 Å². The maximum atomic E-state index is 15.0. The minimum atomic E-state index is -2.08. The number of carbonyl (C=O) groups excluding carboxylic acids is 13. The number of nitrogens with zero attached hydrogens (tertiary/aromatic N) is 5. The number of anilines is 1. The van der Waals surface area contributed by atoms with E-state index in [4.69, 9.17) is 39.3 Å². The summed E-state index contributed by atoms with van der Waals surface area (Å²) in [5.41, 5.74) is 6.52. The van der Waals surface area contributed by atoms with Crippen LogP contribution in [0.1, 0.15) is 163 Å². The van der Waals surface area contributed by atoms with Crippen LogP contribution in [0.5, 0.6) is 5.75 Å². The number of rotatable bonds is 48. The first-order chi connectivity index (χ1) is 57.2. The number of carbonyl (C=O) groups is 15. The fourth-order valence-corrected chi connectivity index (χ4v) is 15.2. The summed E-state index contributed by atoms with van der Waals surface area (Å²) >= 11 is 0. The first kappa shape index (κ1) is 102. The molecule has 0 saturated carbocycles. The predicted octanol–water partition coefficient (Wildman–Crippen LogP) is 2.70. The van der Waals surface area contributed by atoms with E-state index in [1.165, 1.54) is 46.6 Å². The quantitative estimate of drug-likeness (QED) is 0.0335. The Balaban J connectivity index is 0.00000168. The number of nitrogens with two attached hydrogens (primary N) is 1. The lowest BCUT2D eigenvalue weighted by molar-refractivity contribution is -0.271. The lowest BCUT2D eigenvalue weighted by Crippen LogP contribution is -2.61. The highest BCUT2D eigenvalue weighted by Gasteiger charge is 2.50. The molecule has 2 aromatic carbocycles. The molecule has 2 saturated heterocycles. The molecule has 0 spiro atoms. The number of aliphatic carboxylic acids is 2. The Bertz CT molecular complexity index is 3920. The highest BCUT2D eigenvalue weighted by Crippen LogP contribution is 2.36. The summed E-state index contributed by atoms with van der Waals surface area (Å²) in [4.78, 5) is 202. The van der Waals surface area contributed by atoms with Gasteiger partial charge in [-0.15, -0.1) is 0 Å². The zero-order chi connectivity index (χ0) is 90.4. The van der Waals surface area contributed by atoms with Gasteiger partial charge >= 0.3 is 18.0 Å². The van der Waals surface area contributed by atoms with Crippen molar-refractivity contribution in [3.63, 3.8) is 0 Å². The minimum absolute atomic E-state index is 0.0167. The Labute approximate surface area is 705 Å². The minimum Gasteiger partial charge on any atom is -0.480 e. The fraction of sp³-hybridized carbons (Fsp3) is 0.631. The molecule has 4 aliphatic heterocycles. The van der Waals surface area contributed by atoms with E-state index < -0.39 is 194 Å². The number of ether oxygens (including phenoxy) is 6. The molecule has 0 radical (unpaired) electrons. The highest BCUT2D eigenvalue weighted by molar-refractivity contribution is 6.16. The molecule has 37 nitrogen and oxygen atoms in total. The van der Waals surface area contributed by atoms with E-state index in [-0.39, 0.29) is 117 Å². The number of aliphatic hydroxyl groups is 4. The van der Waals surface area contributed by atoms with Crippen LogP contribution in [0.3, 0.4) is 0 Å². The molecule has 0 unspecified atom stereocenters. The Morgan fingerprint density at radius 2 is 1.31 bits per heavy atom. The number of Topliss-reactive ketones (excluding diaryl/α,β-unsaturated/α-hetero) is 2. The Hall–Kier alpha value is -9.99. The van der Waals surface area contributed by atoms with Crippen LogP contribution in [0.25, 0.3) is 0 Å². The molecule has 672 valence electrons. The van der Waals surface area contributed by atoms with Gasteiger partial charge in [0.1, 0.15) is 54.6 Å². The summed E-state index contributed by atoms with van der Waals surface area (Å²) in [6.07, 6.45) is -6.76. The lowest BCUT2D eigenvalue weighted by atomic mass is 9.83. The zero-order valence-corrected chi connectivity index (χ0v) is 71.5. The van der Waals surface area contributed by atoms with E-state index in [1.807, 2.05) is 51.1 Å². The van der Waals surface area contributed by atoms with Gasteiger partial charge in [0.2, 0.25) is 41.7 Å². The van der Waals surface area contributed by atoms with Crippen molar-refractivity contribution >= 4 is 94.4 Å². The molecule has 11 amide bonds. The second kappa shape index (κ2) is 49.2. The summed E-state index contributed by atoms with van der Waals surface area (Å²) in [5.74, 6) is -12.9. The van der Waals surface area contributed by atoms with E-state index in [0.29, 0.717) is 49.1 Å². The zero-order valence-electron chi connectivity index (χ0n) is 71.5. The van der Waals surface area contributed by atoms with Crippen LogP contribution < -0.4 is 31.7 Å². The number of ketones is 2. The molecule has 0 aromatic heterocycles. The first-order valence-corrected chi connectivity index (χ1v) is 40.9. The number of hydrogen-bond donors (Lipinski definition) is 11. The Morgan fingerprint density at radius 3 is 1.86 bits per heavy atom. The molecular weight excluding hydrogens is 1580 g/mol. The standard InChI is InChI=1S/C75H113N9O23.C9H11NO4/c1-14-43(6)63(56(103-12)38-61(91)83-33-20-24-51(83)68(104-13)45(8)53(85)35-44(7)64(92)47-21-16-15-17-22-47)81(9)72(98)48(41(2)3)37-54(86)62(42(4)5)82(10)75(101)105-40-46-25-26-55(106-74-67(95)65(93)66(94)69(107-74)73(99)100)50(36-46)79-58(88)29-32-78-70(96)49(23-18-19-31-77-57(87)30-34-102-11)80-71(97)52(39-76)84-59(89)27-28-60(84)90;1-2-3-6(9(13)14)10-7(11)4-5-8(10)12/h15-17,21-22,25-28,36,41-45,48-49,51-52,56,62-69,74,92-95H,14,18-20,23-24,29-35,37-40,76H2,1-13H3,(H,77,87)(H,78,96)(H,79,88)(H,80,97)(H,99,100);4-6H,2-3H2,1H3,(H,13,14)/t43-,44-,45-,48-,49-,51-,52-,56+,62-,63-,64+,65-,66-,67+,68+,69-,74+;6-/m00/s1. The normalized spacial score (nSPS) is 20.7. The number of benzene rings is 2. The van der Waals surface area contributed by atoms with Crippen LogP contribution in [0, 0.1) is 35.5 Å². The Kier molecular flexibility index (Phi) is 41.3. The predicted molar refractivity (Wildman–Crippen MR) is 435 cm³/mol. The third kappa shape index (κ3) is 28.3. The van der Waals surface area contributed by atoms with E-state index in [2.05, 4.69) is 21.3 Å². The molecular formula is C84H124N10O27. The topological polar surface area (TPSA) is 523 Å². The highest BCUT2D eigenvalue weighted by atomic mass is 16.7. The van der Waals surface area contributed by atoms with Crippen LogP contribution in [-0.4, -0.2) is 291 Å². The first-order valence-electron chi connectivity index (χ1n) is 40.9. The molecule has 121 heavy (non-hydrogen) atoms. The average molecular weight is 1710 g/mol. The van der Waals surface area contributed by atoms with Crippen molar-refractivity contribution in [3.8, 4) is 5.75 Å². The smallest absolute Gasteiger partial charge is 0.410 e. The summed E-state index contributed by atoms with van der Waals surface area (Å²) in [5, 5.41) is 71.9. The van der Waals surface area contributed by atoms with Crippen LogP contribution >= 0.6 is 0 Å². The maximum absolute atomic E-state index is 15.0. The number of aliphatic hydroxyl groups excluding tert-OH is 4. The average Bonchev–Trinajstić information content (AvgIpc) is 1.59. The van der Waals surface area contributed by atoms with Gasteiger partial charge in [-0.1, -0.05) is 112 Å². The van der Waals surface area contributed by atoms with Crippen molar-refractivity contribution in [1.82, 2.24) is 40.4 Å². The second-order valence-corrected chi connectivity index (χ2v) is 31.5. The van der Waals surface area contributed by atoms with Crippen molar-refractivity contribution in [2.75, 3.05) is 73.5 Å². The van der Waals surface area contributed by atoms with Crippen molar-refractivity contribution < 1.29 is 131 Å². The number of nitrogens with one attached hydrogen (secondary N) is 4. The van der Waals surface area contributed by atoms with Gasteiger partial charge in [-0.3, -0.25) is 67.3 Å². The van der Waals surface area contributed by atoms with Gasteiger partial charge in [-0.05, 0) is 85.5 Å². The van der Waals surface area contributed by atoms with E-state index >= 15 is 4.79 Å². The van der Waals surface area contributed by atoms with Gasteiger partial charge in [0.25, 0.3) is 23.6 Å². The molecule has 2 fully saturated rings. The number of imide groups is 2. The number of likely N-dealkylation sites (tertiary alicyclic amines) is 1. The SMILES string of the molecule is CCC[C@@H](C(=O)O)N1C(=O)C=CC1=O.CC[C@H](C)[C@@H]([C@@H](CC(=O)N1CCC[C@H]1[C@H](OC)[C@@H](C)C(=O)C[C@H](C)[C@@H](O)c1ccccc1)OC)N(C)C(=O)[C@@H](CC(=O)[C@H](C(C)C)N(C)C(=O)OCc1ccc(O[C@@H]2O[C@H](C(=O)O)[C@@H](O)[C@H](O)[C@H]2O)c(NC(=O)CCNC(=O)[C@H](CCCCNC(=O)CCOC)NC(=O)[C@H](CN)N2C(=O)C=CC2=O)c1)C(C)C. The third-order valence-electron chi connectivity index (χ3n) is 22.2. The maximum Gasteiger partial charge on any atom is 0.410 e. The fourth-order valence-electron chi connectivity index (χ4n) is 15.2. The number of carboxylic acids is 2. The number of amides is 11. The summed E-state index contributed by atoms with van der Waals surface area (Å²) < 4.78 is 34.0. The van der Waals surface area contributed by atoms with Crippen molar-refractivity contribution in [3.05, 3.63) is 84.0 Å². The van der Waals surface area contributed by atoms with Crippen LogP contribution in [0.4, 0.5) is 10.5 Å². The van der Waals surface area contributed by atoms with Crippen LogP contribution in [0.2, 0.25) is 0 Å². The number of likely N-dealkylation sites (N-methyl/N-ethyl adjacent to an activating group) is 2. The van der Waals surface area contributed by atoms with Crippen molar-refractivity contribution in [2.24, 2.45) is 41.2 Å². The van der Waals surface area contributed by atoms with Gasteiger partial charge in [0, 0.05) is 123 Å². The van der Waals surface area contributed by atoms with Gasteiger partial charge in [-0.2, -0.15) is 0 Å². The molecule has 0 aliphatic carbocycles. The monoisotopic (exact) mass is 1700 g/mol.